The Kier molecular flexibility index (Phi) is 2.47. The van der Waals surface area contributed by atoms with E-state index >= 15 is 0 Å². The lowest BCUT2D eigenvalue weighted by Gasteiger charge is -2.05. The molecule has 3 rings (SSSR count). The van der Waals surface area contributed by atoms with Crippen LogP contribution in [0.4, 0.5) is 11.5 Å². The second-order valence-electron chi connectivity index (χ2n) is 4.15. The molecule has 1 aliphatic heterocycles. The van der Waals surface area contributed by atoms with Gasteiger partial charge in [0.25, 0.3) is 0 Å². The minimum atomic E-state index is -0.445. The van der Waals surface area contributed by atoms with Crippen LogP contribution in [0.15, 0.2) is 12.4 Å². The summed E-state index contributed by atoms with van der Waals surface area (Å²) >= 11 is 0. The molecule has 8 nitrogen and oxygen atoms in total. The number of rotatable bonds is 2. The van der Waals surface area contributed by atoms with E-state index in [2.05, 4.69) is 20.6 Å². The van der Waals surface area contributed by atoms with Crippen LogP contribution in [0, 0.1) is 10.1 Å². The minimum absolute atomic E-state index is 0.0307. The van der Waals surface area contributed by atoms with Crippen molar-refractivity contribution in [3.63, 3.8) is 0 Å². The molecule has 2 aromatic rings. The second kappa shape index (κ2) is 4.13. The molecule has 0 spiro atoms. The van der Waals surface area contributed by atoms with Crippen molar-refractivity contribution >= 4 is 11.5 Å². The maximum atomic E-state index is 10.9. The molecule has 0 aliphatic carbocycles. The Morgan fingerprint density at radius 3 is 3.11 bits per heavy atom. The Morgan fingerprint density at radius 2 is 2.28 bits per heavy atom. The van der Waals surface area contributed by atoms with Gasteiger partial charge >= 0.3 is 5.69 Å². The van der Waals surface area contributed by atoms with E-state index in [0.717, 1.165) is 31.7 Å². The molecule has 0 unspecified atom stereocenters. The summed E-state index contributed by atoms with van der Waals surface area (Å²) in [4.78, 5) is 10.5. The Balaban J connectivity index is 2.09. The fraction of sp³-hybridized carbons (Fsp3) is 0.400. The zero-order chi connectivity index (χ0) is 12.5. The number of aryl methyl sites for hydroxylation is 1. The lowest BCUT2D eigenvalue weighted by Crippen LogP contribution is -2.04. The summed E-state index contributed by atoms with van der Waals surface area (Å²) in [6.45, 7) is 1.67. The van der Waals surface area contributed by atoms with Crippen LogP contribution in [0.1, 0.15) is 12.8 Å². The highest BCUT2D eigenvalue weighted by Gasteiger charge is 2.23. The van der Waals surface area contributed by atoms with Crippen LogP contribution in [0.3, 0.4) is 0 Å². The van der Waals surface area contributed by atoms with Crippen molar-refractivity contribution in [1.82, 2.24) is 20.0 Å². The summed E-state index contributed by atoms with van der Waals surface area (Å²) in [5.41, 5.74) is 1.06. The summed E-state index contributed by atoms with van der Waals surface area (Å²) in [5, 5.41) is 24.8. The lowest BCUT2D eigenvalue weighted by molar-refractivity contribution is -0.384. The largest absolute Gasteiger partial charge is 0.370 e. The maximum absolute atomic E-state index is 10.9. The summed E-state index contributed by atoms with van der Waals surface area (Å²) in [5.74, 6) is 0.819. The first-order valence-corrected chi connectivity index (χ1v) is 5.75. The molecule has 3 heterocycles. The Morgan fingerprint density at radius 1 is 1.39 bits per heavy atom. The number of nitrogens with one attached hydrogen (secondary N) is 2. The summed E-state index contributed by atoms with van der Waals surface area (Å²) in [6.07, 6.45) is 4.96. The number of hydrogen-bond donors (Lipinski definition) is 2. The predicted octanol–water partition coefficient (Wildman–Crippen LogP) is 1.39. The van der Waals surface area contributed by atoms with Gasteiger partial charge in [0, 0.05) is 13.1 Å². The van der Waals surface area contributed by atoms with Crippen LogP contribution < -0.4 is 5.32 Å². The molecule has 0 saturated carbocycles. The molecule has 94 valence electrons. The van der Waals surface area contributed by atoms with Gasteiger partial charge in [0.1, 0.15) is 17.7 Å². The number of nitrogens with zero attached hydrogens (tertiary/aromatic N) is 4. The van der Waals surface area contributed by atoms with Crippen molar-refractivity contribution in [3.8, 4) is 11.3 Å². The van der Waals surface area contributed by atoms with Crippen LogP contribution in [-0.2, 0) is 6.54 Å². The zero-order valence-electron chi connectivity index (χ0n) is 9.59. The highest BCUT2D eigenvalue weighted by atomic mass is 16.6. The van der Waals surface area contributed by atoms with E-state index < -0.39 is 4.92 Å². The quantitative estimate of drug-likeness (QED) is 0.617. The van der Waals surface area contributed by atoms with E-state index in [9.17, 15) is 10.1 Å². The molecule has 18 heavy (non-hydrogen) atoms. The topological polar surface area (TPSA) is 102 Å². The first-order valence-electron chi connectivity index (χ1n) is 5.75. The molecule has 0 fully saturated rings. The van der Waals surface area contributed by atoms with Gasteiger partial charge in [0.15, 0.2) is 0 Å². The van der Waals surface area contributed by atoms with E-state index in [-0.39, 0.29) is 5.69 Å². The van der Waals surface area contributed by atoms with Gasteiger partial charge in [-0.15, -0.1) is 0 Å². The lowest BCUT2D eigenvalue weighted by atomic mass is 10.2. The molecule has 1 aliphatic rings. The number of anilines is 1. The highest BCUT2D eigenvalue weighted by molar-refractivity contribution is 5.78. The molecule has 0 aromatic carbocycles. The van der Waals surface area contributed by atoms with Gasteiger partial charge < -0.3 is 5.32 Å². The monoisotopic (exact) mass is 248 g/mol. The van der Waals surface area contributed by atoms with Gasteiger partial charge in [-0.1, -0.05) is 0 Å². The fourth-order valence-electron chi connectivity index (χ4n) is 2.13. The van der Waals surface area contributed by atoms with Gasteiger partial charge in [-0.05, 0) is 12.8 Å². The van der Waals surface area contributed by atoms with Crippen LogP contribution in [0.25, 0.3) is 11.3 Å². The van der Waals surface area contributed by atoms with Gasteiger partial charge in [-0.3, -0.25) is 15.2 Å². The molecular formula is C10H12N6O2. The normalized spacial score (nSPS) is 14.7. The van der Waals surface area contributed by atoms with Gasteiger partial charge in [-0.25, -0.2) is 4.68 Å². The highest BCUT2D eigenvalue weighted by Crippen LogP contribution is 2.33. The molecule has 0 saturated heterocycles. The minimum Gasteiger partial charge on any atom is -0.370 e. The second-order valence-corrected chi connectivity index (χ2v) is 4.15. The molecule has 0 bridgehead atoms. The maximum Gasteiger partial charge on any atom is 0.314 e. The van der Waals surface area contributed by atoms with Crippen LogP contribution in [0.5, 0.6) is 0 Å². The first kappa shape index (κ1) is 10.8. The SMILES string of the molecule is O=[N+]([O-])c1cn[nH]c1-c1cnn2c1NCCCC2. The summed E-state index contributed by atoms with van der Waals surface area (Å²) < 4.78 is 1.84. The van der Waals surface area contributed by atoms with Crippen molar-refractivity contribution in [2.45, 2.75) is 19.4 Å². The average molecular weight is 248 g/mol. The van der Waals surface area contributed by atoms with Crippen LogP contribution in [0.2, 0.25) is 0 Å². The Labute approximate surface area is 102 Å². The molecule has 0 atom stereocenters. The Bertz CT molecular complexity index is 587. The zero-order valence-corrected chi connectivity index (χ0v) is 9.59. The molecule has 2 aromatic heterocycles. The molecule has 0 radical (unpaired) electrons. The first-order chi connectivity index (χ1) is 8.77. The van der Waals surface area contributed by atoms with E-state index in [1.165, 1.54) is 6.20 Å². The van der Waals surface area contributed by atoms with Crippen molar-refractivity contribution in [2.24, 2.45) is 0 Å². The number of aromatic nitrogens is 4. The average Bonchev–Trinajstić information content (AvgIpc) is 2.90. The third kappa shape index (κ3) is 1.62. The molecule has 0 amide bonds. The number of fused-ring (bicyclic) bond motifs is 1. The van der Waals surface area contributed by atoms with E-state index in [0.29, 0.717) is 11.3 Å². The molecule has 8 heteroatoms. The summed E-state index contributed by atoms with van der Waals surface area (Å²) in [7, 11) is 0. The van der Waals surface area contributed by atoms with Gasteiger partial charge in [0.05, 0.1) is 16.7 Å². The van der Waals surface area contributed by atoms with Crippen molar-refractivity contribution < 1.29 is 4.92 Å². The number of aromatic amines is 1. The van der Waals surface area contributed by atoms with E-state index in [1.807, 2.05) is 4.68 Å². The van der Waals surface area contributed by atoms with Crippen molar-refractivity contribution in [3.05, 3.63) is 22.5 Å². The predicted molar refractivity (Wildman–Crippen MR) is 64.2 cm³/mol. The smallest absolute Gasteiger partial charge is 0.314 e. The van der Waals surface area contributed by atoms with E-state index in [1.54, 1.807) is 6.20 Å². The fourth-order valence-corrected chi connectivity index (χ4v) is 2.13. The summed E-state index contributed by atoms with van der Waals surface area (Å²) in [6, 6.07) is 0. The number of nitro groups is 1. The molecule has 2 N–H and O–H groups in total. The number of hydrogen-bond acceptors (Lipinski definition) is 5. The standard InChI is InChI=1S/C10H12N6O2/c17-16(18)8-6-12-14-9(8)7-5-13-15-4-2-1-3-11-10(7)15/h5-6,11H,1-4H2,(H,12,14). The Hall–Kier alpha value is -2.38. The van der Waals surface area contributed by atoms with Gasteiger partial charge in [-0.2, -0.15) is 10.2 Å². The van der Waals surface area contributed by atoms with Gasteiger partial charge in [0.2, 0.25) is 0 Å². The third-order valence-corrected chi connectivity index (χ3v) is 3.01. The van der Waals surface area contributed by atoms with Crippen molar-refractivity contribution in [1.29, 1.82) is 0 Å². The third-order valence-electron chi connectivity index (χ3n) is 3.01. The molecular weight excluding hydrogens is 236 g/mol. The van der Waals surface area contributed by atoms with Crippen LogP contribution >= 0.6 is 0 Å². The van der Waals surface area contributed by atoms with Crippen molar-refractivity contribution in [2.75, 3.05) is 11.9 Å². The van der Waals surface area contributed by atoms with E-state index in [4.69, 9.17) is 0 Å². The number of H-pyrrole nitrogens is 1. The van der Waals surface area contributed by atoms with Crippen LogP contribution in [-0.4, -0.2) is 31.4 Å².